The van der Waals surface area contributed by atoms with E-state index in [-0.39, 0.29) is 0 Å². The lowest BCUT2D eigenvalue weighted by Gasteiger charge is -2.14. The lowest BCUT2D eigenvalue weighted by atomic mass is 9.93. The van der Waals surface area contributed by atoms with Crippen LogP contribution in [-0.2, 0) is 0 Å². The maximum atomic E-state index is 5.63. The average Bonchev–Trinajstić information content (AvgIpc) is 2.24. The van der Waals surface area contributed by atoms with E-state index in [0.29, 0.717) is 0 Å². The lowest BCUT2D eigenvalue weighted by Crippen LogP contribution is -2.08. The van der Waals surface area contributed by atoms with E-state index in [9.17, 15) is 0 Å². The first-order chi connectivity index (χ1) is 7.35. The van der Waals surface area contributed by atoms with Gasteiger partial charge in [0.25, 0.3) is 0 Å². The van der Waals surface area contributed by atoms with Crippen molar-refractivity contribution in [2.24, 2.45) is 11.7 Å². The van der Waals surface area contributed by atoms with Crippen molar-refractivity contribution in [1.29, 1.82) is 0 Å². The molecule has 0 aliphatic heterocycles. The molecule has 0 heterocycles. The Labute approximate surface area is 96.8 Å². The van der Waals surface area contributed by atoms with Crippen molar-refractivity contribution in [3.8, 4) is 0 Å². The molecule has 0 saturated heterocycles. The van der Waals surface area contributed by atoms with E-state index in [1.807, 2.05) is 0 Å². The van der Waals surface area contributed by atoms with Gasteiger partial charge in [0, 0.05) is 0 Å². The van der Waals surface area contributed by atoms with Crippen LogP contribution >= 0.6 is 0 Å². The minimum absolute atomic E-state index is 0.875. The van der Waals surface area contributed by atoms with Crippen LogP contribution in [0.15, 0.2) is 0 Å². The molecular formula is C14H31N. The van der Waals surface area contributed by atoms with Gasteiger partial charge in [0.1, 0.15) is 0 Å². The SMILES string of the molecule is CCCCCCCCC(CCC)CCN. The Hall–Kier alpha value is -0.0400. The number of unbranched alkanes of at least 4 members (excludes halogenated alkanes) is 5. The Morgan fingerprint density at radius 2 is 1.40 bits per heavy atom. The van der Waals surface area contributed by atoms with Crippen molar-refractivity contribution >= 4 is 0 Å². The van der Waals surface area contributed by atoms with Gasteiger partial charge in [-0.25, -0.2) is 0 Å². The first-order valence-corrected chi connectivity index (χ1v) is 7.05. The molecule has 1 heteroatoms. The Bertz CT molecular complexity index is 106. The van der Waals surface area contributed by atoms with E-state index in [2.05, 4.69) is 13.8 Å². The molecule has 1 unspecified atom stereocenters. The summed E-state index contributed by atoms with van der Waals surface area (Å²) in [4.78, 5) is 0. The summed E-state index contributed by atoms with van der Waals surface area (Å²) in [5.41, 5.74) is 5.63. The number of hydrogen-bond donors (Lipinski definition) is 1. The van der Waals surface area contributed by atoms with Crippen LogP contribution in [0.3, 0.4) is 0 Å². The topological polar surface area (TPSA) is 26.0 Å². The molecule has 0 amide bonds. The minimum Gasteiger partial charge on any atom is -0.330 e. The van der Waals surface area contributed by atoms with Crippen LogP contribution in [0.4, 0.5) is 0 Å². The molecule has 1 atom stereocenters. The Kier molecular flexibility index (Phi) is 12.0. The van der Waals surface area contributed by atoms with Crippen LogP contribution in [0.25, 0.3) is 0 Å². The Morgan fingerprint density at radius 1 is 0.733 bits per heavy atom. The van der Waals surface area contributed by atoms with Crippen LogP contribution < -0.4 is 5.73 Å². The number of rotatable bonds is 11. The van der Waals surface area contributed by atoms with Gasteiger partial charge in [-0.2, -0.15) is 0 Å². The molecule has 0 aliphatic rings. The Morgan fingerprint density at radius 3 is 2.00 bits per heavy atom. The molecule has 0 radical (unpaired) electrons. The molecule has 0 saturated carbocycles. The summed E-state index contributed by atoms with van der Waals surface area (Å²) in [6.07, 6.45) is 13.9. The molecule has 1 nitrogen and oxygen atoms in total. The smallest absolute Gasteiger partial charge is 0.00746 e. The zero-order valence-corrected chi connectivity index (χ0v) is 10.9. The van der Waals surface area contributed by atoms with Gasteiger partial charge in [0.15, 0.2) is 0 Å². The number of hydrogen-bond acceptors (Lipinski definition) is 1. The van der Waals surface area contributed by atoms with Gasteiger partial charge in [0.05, 0.1) is 0 Å². The molecule has 92 valence electrons. The maximum Gasteiger partial charge on any atom is -0.00746 e. The summed E-state index contributed by atoms with van der Waals surface area (Å²) < 4.78 is 0. The molecular weight excluding hydrogens is 182 g/mol. The molecule has 0 spiro atoms. The van der Waals surface area contributed by atoms with E-state index in [1.54, 1.807) is 0 Å². The first kappa shape index (κ1) is 15.0. The summed E-state index contributed by atoms with van der Waals surface area (Å²) in [5.74, 6) is 0.908. The minimum atomic E-state index is 0.875. The van der Waals surface area contributed by atoms with Crippen LogP contribution in [0.2, 0.25) is 0 Å². The fourth-order valence-corrected chi connectivity index (χ4v) is 2.29. The fourth-order valence-electron chi connectivity index (χ4n) is 2.29. The fraction of sp³-hybridized carbons (Fsp3) is 1.00. The summed E-state index contributed by atoms with van der Waals surface area (Å²) in [7, 11) is 0. The van der Waals surface area contributed by atoms with Gasteiger partial charge in [-0.15, -0.1) is 0 Å². The molecule has 15 heavy (non-hydrogen) atoms. The van der Waals surface area contributed by atoms with Gasteiger partial charge in [0.2, 0.25) is 0 Å². The molecule has 0 aromatic heterocycles. The van der Waals surface area contributed by atoms with Gasteiger partial charge in [-0.1, -0.05) is 71.6 Å². The molecule has 0 rings (SSSR count). The number of nitrogens with two attached hydrogens (primary N) is 1. The Balaban J connectivity index is 3.28. The average molecular weight is 213 g/mol. The summed E-state index contributed by atoms with van der Waals surface area (Å²) in [6, 6.07) is 0. The first-order valence-electron chi connectivity index (χ1n) is 7.05. The van der Waals surface area contributed by atoms with Crippen LogP contribution in [0, 0.1) is 5.92 Å². The van der Waals surface area contributed by atoms with Crippen LogP contribution in [0.1, 0.15) is 78.1 Å². The summed E-state index contributed by atoms with van der Waals surface area (Å²) in [6.45, 7) is 5.43. The van der Waals surface area contributed by atoms with E-state index < -0.39 is 0 Å². The lowest BCUT2D eigenvalue weighted by molar-refractivity contribution is 0.399. The molecule has 0 aromatic rings. The second kappa shape index (κ2) is 12.0. The third-order valence-electron chi connectivity index (χ3n) is 3.24. The predicted octanol–water partition coefficient (Wildman–Crippen LogP) is 4.50. The van der Waals surface area contributed by atoms with E-state index in [4.69, 9.17) is 5.73 Å². The molecule has 0 aromatic carbocycles. The predicted molar refractivity (Wildman–Crippen MR) is 70.1 cm³/mol. The van der Waals surface area contributed by atoms with Crippen LogP contribution in [0.5, 0.6) is 0 Å². The summed E-state index contributed by atoms with van der Waals surface area (Å²) in [5, 5.41) is 0. The van der Waals surface area contributed by atoms with E-state index >= 15 is 0 Å². The zero-order valence-electron chi connectivity index (χ0n) is 10.9. The normalized spacial score (nSPS) is 13.0. The van der Waals surface area contributed by atoms with Gasteiger partial charge in [-0.3, -0.25) is 0 Å². The second-order valence-electron chi connectivity index (χ2n) is 4.79. The third kappa shape index (κ3) is 10.2. The zero-order chi connectivity index (χ0) is 11.4. The van der Waals surface area contributed by atoms with Crippen molar-refractivity contribution in [1.82, 2.24) is 0 Å². The largest absolute Gasteiger partial charge is 0.330 e. The van der Waals surface area contributed by atoms with E-state index in [1.165, 1.54) is 64.2 Å². The highest BCUT2D eigenvalue weighted by molar-refractivity contribution is 4.60. The standard InChI is InChI=1S/C14H31N/c1-3-5-6-7-8-9-11-14(10-4-2)12-13-15/h14H,3-13,15H2,1-2H3. The molecule has 2 N–H and O–H groups in total. The van der Waals surface area contributed by atoms with Crippen molar-refractivity contribution in [2.45, 2.75) is 78.1 Å². The quantitative estimate of drug-likeness (QED) is 0.502. The highest BCUT2D eigenvalue weighted by atomic mass is 14.5. The molecule has 0 bridgehead atoms. The monoisotopic (exact) mass is 213 g/mol. The molecule has 0 fully saturated rings. The van der Waals surface area contributed by atoms with Gasteiger partial charge < -0.3 is 5.73 Å². The maximum absolute atomic E-state index is 5.63. The van der Waals surface area contributed by atoms with Crippen LogP contribution in [-0.4, -0.2) is 6.54 Å². The molecule has 0 aliphatic carbocycles. The van der Waals surface area contributed by atoms with E-state index in [0.717, 1.165) is 12.5 Å². The van der Waals surface area contributed by atoms with Crippen molar-refractivity contribution in [3.05, 3.63) is 0 Å². The van der Waals surface area contributed by atoms with Gasteiger partial charge in [-0.05, 0) is 18.9 Å². The van der Waals surface area contributed by atoms with Gasteiger partial charge >= 0.3 is 0 Å². The third-order valence-corrected chi connectivity index (χ3v) is 3.24. The second-order valence-corrected chi connectivity index (χ2v) is 4.79. The van der Waals surface area contributed by atoms with Crippen molar-refractivity contribution in [3.63, 3.8) is 0 Å². The highest BCUT2D eigenvalue weighted by Gasteiger charge is 2.05. The van der Waals surface area contributed by atoms with Crippen molar-refractivity contribution in [2.75, 3.05) is 6.54 Å². The summed E-state index contributed by atoms with van der Waals surface area (Å²) >= 11 is 0. The van der Waals surface area contributed by atoms with Crippen molar-refractivity contribution < 1.29 is 0 Å². The highest BCUT2D eigenvalue weighted by Crippen LogP contribution is 2.19.